The Bertz CT molecular complexity index is 314. The first-order chi connectivity index (χ1) is 6.68. The van der Waals surface area contributed by atoms with E-state index in [1.54, 1.807) is 0 Å². The Kier molecular flexibility index (Phi) is 2.73. The first-order valence-corrected chi connectivity index (χ1v) is 5.19. The lowest BCUT2D eigenvalue weighted by Crippen LogP contribution is -2.09. The molecule has 0 N–H and O–H groups in total. The van der Waals surface area contributed by atoms with Gasteiger partial charge < -0.3 is 0 Å². The Morgan fingerprint density at radius 3 is 2.36 bits per heavy atom. The molecule has 0 saturated heterocycles. The molecule has 0 heterocycles. The van der Waals surface area contributed by atoms with Crippen LogP contribution in [-0.2, 0) is 6.42 Å². The van der Waals surface area contributed by atoms with E-state index in [1.807, 2.05) is 0 Å². The summed E-state index contributed by atoms with van der Waals surface area (Å²) < 4.78 is 26.4. The fourth-order valence-electron chi connectivity index (χ4n) is 1.55. The van der Waals surface area contributed by atoms with Gasteiger partial charge in [0, 0.05) is 10.9 Å². The van der Waals surface area contributed by atoms with Crippen LogP contribution in [0.25, 0.3) is 0 Å². The Morgan fingerprint density at radius 2 is 1.86 bits per heavy atom. The van der Waals surface area contributed by atoms with Crippen LogP contribution in [0.3, 0.4) is 0 Å². The van der Waals surface area contributed by atoms with Gasteiger partial charge in [0.25, 0.3) is 0 Å². The smallest absolute Gasteiger partial charge is 0.129 e. The molecule has 2 rings (SSSR count). The van der Waals surface area contributed by atoms with E-state index in [4.69, 9.17) is 11.6 Å². The van der Waals surface area contributed by atoms with Gasteiger partial charge in [0.05, 0.1) is 0 Å². The number of rotatable bonds is 3. The van der Waals surface area contributed by atoms with Crippen molar-refractivity contribution in [2.75, 3.05) is 0 Å². The standard InChI is InChI=1S/C11H11ClF2/c12-9(7-4-5-7)6-8-10(13)2-1-3-11(8)14/h1-3,7,9H,4-6H2. The predicted octanol–water partition coefficient (Wildman–Crippen LogP) is 3.52. The number of hydrogen-bond donors (Lipinski definition) is 0. The SMILES string of the molecule is Fc1cccc(F)c1CC(Cl)C1CC1. The summed E-state index contributed by atoms with van der Waals surface area (Å²) in [6.07, 6.45) is 2.47. The second-order valence-electron chi connectivity index (χ2n) is 3.76. The largest absolute Gasteiger partial charge is 0.207 e. The second-order valence-corrected chi connectivity index (χ2v) is 4.32. The van der Waals surface area contributed by atoms with Gasteiger partial charge in [-0.15, -0.1) is 11.6 Å². The molecular weight excluding hydrogens is 206 g/mol. The Labute approximate surface area is 86.9 Å². The van der Waals surface area contributed by atoms with Gasteiger partial charge in [0.2, 0.25) is 0 Å². The molecule has 0 amide bonds. The Hall–Kier alpha value is -0.630. The molecular formula is C11H11ClF2. The summed E-state index contributed by atoms with van der Waals surface area (Å²) in [5.74, 6) is -0.525. The number of hydrogen-bond acceptors (Lipinski definition) is 0. The molecule has 14 heavy (non-hydrogen) atoms. The summed E-state index contributed by atoms with van der Waals surface area (Å²) in [6.45, 7) is 0. The lowest BCUT2D eigenvalue weighted by Gasteiger charge is -2.09. The van der Waals surface area contributed by atoms with Crippen molar-refractivity contribution in [3.63, 3.8) is 0 Å². The maximum absolute atomic E-state index is 13.2. The number of halogens is 3. The van der Waals surface area contributed by atoms with E-state index in [2.05, 4.69) is 0 Å². The van der Waals surface area contributed by atoms with Crippen molar-refractivity contribution in [1.82, 2.24) is 0 Å². The molecule has 1 atom stereocenters. The van der Waals surface area contributed by atoms with Crippen molar-refractivity contribution in [3.8, 4) is 0 Å². The molecule has 3 heteroatoms. The lowest BCUT2D eigenvalue weighted by atomic mass is 10.1. The normalized spacial score (nSPS) is 18.2. The minimum absolute atomic E-state index is 0.124. The highest BCUT2D eigenvalue weighted by Crippen LogP contribution is 2.37. The van der Waals surface area contributed by atoms with Crippen LogP contribution < -0.4 is 0 Å². The van der Waals surface area contributed by atoms with Gasteiger partial charge >= 0.3 is 0 Å². The average molecular weight is 217 g/mol. The van der Waals surface area contributed by atoms with Crippen molar-refractivity contribution in [3.05, 3.63) is 35.4 Å². The van der Waals surface area contributed by atoms with Crippen LogP contribution in [0, 0.1) is 17.6 Å². The van der Waals surface area contributed by atoms with Crippen LogP contribution in [0.1, 0.15) is 18.4 Å². The molecule has 0 spiro atoms. The molecule has 1 aromatic carbocycles. The molecule has 1 aromatic rings. The molecule has 0 aromatic heterocycles. The second kappa shape index (κ2) is 3.85. The third-order valence-electron chi connectivity index (χ3n) is 2.59. The van der Waals surface area contributed by atoms with Crippen LogP contribution in [0.5, 0.6) is 0 Å². The van der Waals surface area contributed by atoms with Gasteiger partial charge in [0.15, 0.2) is 0 Å². The van der Waals surface area contributed by atoms with Crippen molar-refractivity contribution in [2.24, 2.45) is 5.92 Å². The minimum atomic E-state index is -0.490. The predicted molar refractivity (Wildman–Crippen MR) is 52.4 cm³/mol. The summed E-state index contributed by atoms with van der Waals surface area (Å²) in [4.78, 5) is 0. The van der Waals surface area contributed by atoms with Crippen molar-refractivity contribution in [2.45, 2.75) is 24.6 Å². The van der Waals surface area contributed by atoms with E-state index in [1.165, 1.54) is 18.2 Å². The number of benzene rings is 1. The van der Waals surface area contributed by atoms with Crippen LogP contribution in [0.15, 0.2) is 18.2 Å². The zero-order valence-corrected chi connectivity index (χ0v) is 8.40. The molecule has 0 aliphatic heterocycles. The third-order valence-corrected chi connectivity index (χ3v) is 3.10. The van der Waals surface area contributed by atoms with Crippen LogP contribution in [-0.4, -0.2) is 5.38 Å². The molecule has 1 fully saturated rings. The summed E-state index contributed by atoms with van der Waals surface area (Å²) in [5, 5.41) is -0.124. The summed E-state index contributed by atoms with van der Waals surface area (Å²) in [5.41, 5.74) is 0.124. The van der Waals surface area contributed by atoms with Gasteiger partial charge in [0.1, 0.15) is 11.6 Å². The van der Waals surface area contributed by atoms with E-state index in [-0.39, 0.29) is 10.9 Å². The van der Waals surface area contributed by atoms with Gasteiger partial charge in [-0.3, -0.25) is 0 Å². The van der Waals surface area contributed by atoms with E-state index in [0.29, 0.717) is 12.3 Å². The summed E-state index contributed by atoms with van der Waals surface area (Å²) in [6, 6.07) is 3.92. The lowest BCUT2D eigenvalue weighted by molar-refractivity contribution is 0.546. The summed E-state index contributed by atoms with van der Waals surface area (Å²) in [7, 11) is 0. The maximum Gasteiger partial charge on any atom is 0.129 e. The molecule has 1 aliphatic rings. The minimum Gasteiger partial charge on any atom is -0.207 e. The third kappa shape index (κ3) is 2.06. The van der Waals surface area contributed by atoms with Gasteiger partial charge in [-0.2, -0.15) is 0 Å². The van der Waals surface area contributed by atoms with E-state index >= 15 is 0 Å². The molecule has 0 nitrogen and oxygen atoms in total. The van der Waals surface area contributed by atoms with E-state index in [9.17, 15) is 8.78 Å². The van der Waals surface area contributed by atoms with Crippen molar-refractivity contribution >= 4 is 11.6 Å². The molecule has 1 aliphatic carbocycles. The Morgan fingerprint density at radius 1 is 1.29 bits per heavy atom. The van der Waals surface area contributed by atoms with Crippen LogP contribution in [0.4, 0.5) is 8.78 Å². The highest BCUT2D eigenvalue weighted by molar-refractivity contribution is 6.21. The fraction of sp³-hybridized carbons (Fsp3) is 0.455. The van der Waals surface area contributed by atoms with E-state index in [0.717, 1.165) is 12.8 Å². The molecule has 76 valence electrons. The van der Waals surface area contributed by atoms with Crippen molar-refractivity contribution in [1.29, 1.82) is 0 Å². The average Bonchev–Trinajstić information content (AvgIpc) is 2.94. The van der Waals surface area contributed by atoms with Gasteiger partial charge in [-0.25, -0.2) is 8.78 Å². The molecule has 0 radical (unpaired) electrons. The van der Waals surface area contributed by atoms with Gasteiger partial charge in [-0.05, 0) is 37.3 Å². The highest BCUT2D eigenvalue weighted by Gasteiger charge is 2.30. The maximum atomic E-state index is 13.2. The zero-order valence-electron chi connectivity index (χ0n) is 7.64. The molecule has 0 bridgehead atoms. The monoisotopic (exact) mass is 216 g/mol. The quantitative estimate of drug-likeness (QED) is 0.679. The first-order valence-electron chi connectivity index (χ1n) is 4.75. The van der Waals surface area contributed by atoms with Crippen LogP contribution >= 0.6 is 11.6 Å². The zero-order chi connectivity index (χ0) is 10.1. The van der Waals surface area contributed by atoms with Gasteiger partial charge in [-0.1, -0.05) is 6.07 Å². The summed E-state index contributed by atoms with van der Waals surface area (Å²) >= 11 is 6.02. The van der Waals surface area contributed by atoms with Crippen molar-refractivity contribution < 1.29 is 8.78 Å². The fourth-order valence-corrected chi connectivity index (χ4v) is 1.95. The van der Waals surface area contributed by atoms with E-state index < -0.39 is 11.6 Å². The Balaban J connectivity index is 2.14. The highest BCUT2D eigenvalue weighted by atomic mass is 35.5. The molecule has 1 unspecified atom stereocenters. The van der Waals surface area contributed by atoms with Crippen LogP contribution in [0.2, 0.25) is 0 Å². The topological polar surface area (TPSA) is 0 Å². The first kappa shape index (κ1) is 9.91. The molecule has 1 saturated carbocycles. The number of alkyl halides is 1.